The summed E-state index contributed by atoms with van der Waals surface area (Å²) in [4.78, 5) is 10.9. The number of hydrogen-bond acceptors (Lipinski definition) is 5. The molecule has 27 heavy (non-hydrogen) atoms. The van der Waals surface area contributed by atoms with E-state index in [1.165, 1.54) is 31.4 Å². The molecule has 0 heterocycles. The van der Waals surface area contributed by atoms with Crippen molar-refractivity contribution in [2.24, 2.45) is 0 Å². The number of sulfonamides is 1. The van der Waals surface area contributed by atoms with E-state index in [9.17, 15) is 18.3 Å². The Morgan fingerprint density at radius 2 is 1.81 bits per heavy atom. The van der Waals surface area contributed by atoms with Crippen LogP contribution < -0.4 is 9.04 Å². The van der Waals surface area contributed by atoms with E-state index in [0.29, 0.717) is 9.87 Å². The molecular weight excluding hydrogens is 415 g/mol. The highest BCUT2D eigenvalue weighted by molar-refractivity contribution is 7.93. The van der Waals surface area contributed by atoms with Crippen LogP contribution in [-0.2, 0) is 21.2 Å². The first-order chi connectivity index (χ1) is 12.7. The van der Waals surface area contributed by atoms with Crippen LogP contribution in [0.1, 0.15) is 5.56 Å². The second-order valence-electron chi connectivity index (χ2n) is 5.30. The first-order valence-corrected chi connectivity index (χ1v) is 9.64. The lowest BCUT2D eigenvalue weighted by Crippen LogP contribution is -2.36. The van der Waals surface area contributed by atoms with Crippen LogP contribution in [0.15, 0.2) is 41.3 Å². The molecule has 1 N–H and O–H groups in total. The zero-order valence-corrected chi connectivity index (χ0v) is 16.3. The number of rotatable bonds is 7. The maximum absolute atomic E-state index is 13.1. The molecule has 2 aromatic carbocycles. The molecule has 2 aromatic rings. The highest BCUT2D eigenvalue weighted by Gasteiger charge is 2.30. The van der Waals surface area contributed by atoms with Gasteiger partial charge in [0.2, 0.25) is 0 Å². The molecule has 142 valence electrons. The van der Waals surface area contributed by atoms with Gasteiger partial charge in [-0.3, -0.25) is 9.10 Å². The molecule has 0 aromatic heterocycles. The van der Waals surface area contributed by atoms with E-state index >= 15 is 0 Å². The van der Waals surface area contributed by atoms with Crippen molar-refractivity contribution in [3.05, 3.63) is 52.0 Å². The van der Waals surface area contributed by atoms with E-state index in [4.69, 9.17) is 33.2 Å². The number of ether oxygens (including phenoxy) is 1. The van der Waals surface area contributed by atoms with Gasteiger partial charge in [0.1, 0.15) is 22.2 Å². The first kappa shape index (κ1) is 20.8. The lowest BCUT2D eigenvalue weighted by Gasteiger charge is -2.24. The largest absolute Gasteiger partial charge is 0.495 e. The molecule has 7 nitrogen and oxygen atoms in total. The number of hydrogen-bond donors (Lipinski definition) is 1. The SMILES string of the molecule is COc1ccc(S(=O)(=O)N(CC(=O)O)c2ccc(CC#N)cc2)c(Cl)c1Cl. The maximum Gasteiger partial charge on any atom is 0.324 e. The van der Waals surface area contributed by atoms with Crippen molar-refractivity contribution in [1.29, 1.82) is 5.26 Å². The van der Waals surface area contributed by atoms with Crippen molar-refractivity contribution in [2.45, 2.75) is 11.3 Å². The summed E-state index contributed by atoms with van der Waals surface area (Å²) in [6.45, 7) is -0.820. The second-order valence-corrected chi connectivity index (χ2v) is 7.89. The van der Waals surface area contributed by atoms with Crippen LogP contribution in [0.3, 0.4) is 0 Å². The van der Waals surface area contributed by atoms with Gasteiger partial charge in [-0.15, -0.1) is 0 Å². The van der Waals surface area contributed by atoms with Gasteiger partial charge in [-0.2, -0.15) is 5.26 Å². The average Bonchev–Trinajstić information content (AvgIpc) is 2.62. The summed E-state index contributed by atoms with van der Waals surface area (Å²) in [7, 11) is -2.98. The zero-order valence-electron chi connectivity index (χ0n) is 14.0. The number of halogens is 2. The molecule has 0 fully saturated rings. The topological polar surface area (TPSA) is 108 Å². The minimum absolute atomic E-state index is 0.0973. The van der Waals surface area contributed by atoms with Crippen molar-refractivity contribution in [3.63, 3.8) is 0 Å². The Morgan fingerprint density at radius 1 is 1.19 bits per heavy atom. The fourth-order valence-electron chi connectivity index (χ4n) is 2.30. The van der Waals surface area contributed by atoms with E-state index in [1.54, 1.807) is 12.1 Å². The van der Waals surface area contributed by atoms with Crippen molar-refractivity contribution in [1.82, 2.24) is 0 Å². The number of aliphatic carboxylic acids is 1. The van der Waals surface area contributed by atoms with Crippen LogP contribution >= 0.6 is 23.2 Å². The quantitative estimate of drug-likeness (QED) is 0.723. The fourth-order valence-corrected chi connectivity index (χ4v) is 4.53. The van der Waals surface area contributed by atoms with Crippen LogP contribution in [-0.4, -0.2) is 33.1 Å². The minimum Gasteiger partial charge on any atom is -0.495 e. The third kappa shape index (κ3) is 4.45. The van der Waals surface area contributed by atoms with Gasteiger partial charge in [-0.1, -0.05) is 35.3 Å². The smallest absolute Gasteiger partial charge is 0.324 e. The number of benzene rings is 2. The van der Waals surface area contributed by atoms with Gasteiger partial charge in [0, 0.05) is 0 Å². The van der Waals surface area contributed by atoms with Crippen molar-refractivity contribution in [3.8, 4) is 11.8 Å². The van der Waals surface area contributed by atoms with Crippen molar-refractivity contribution in [2.75, 3.05) is 18.0 Å². The van der Waals surface area contributed by atoms with Gasteiger partial charge < -0.3 is 9.84 Å². The Kier molecular flexibility index (Phi) is 6.54. The molecule has 0 atom stereocenters. The molecule has 0 saturated carbocycles. The summed E-state index contributed by atoms with van der Waals surface area (Å²) >= 11 is 12.1. The van der Waals surface area contributed by atoms with Crippen molar-refractivity contribution >= 4 is 44.9 Å². The number of carboxylic acid groups (broad SMARTS) is 1. The normalized spacial score (nSPS) is 10.9. The Hall–Kier alpha value is -2.47. The molecule has 2 rings (SSSR count). The van der Waals surface area contributed by atoms with E-state index < -0.39 is 22.5 Å². The number of methoxy groups -OCH3 is 1. The fraction of sp³-hybridized carbons (Fsp3) is 0.176. The highest BCUT2D eigenvalue weighted by atomic mass is 35.5. The standard InChI is InChI=1S/C17H14Cl2N2O5S/c1-26-13-6-7-14(17(19)16(13)18)27(24,25)21(10-15(22)23)12-4-2-11(3-5-12)8-9-20/h2-7H,8,10H2,1H3,(H,22,23). The van der Waals surface area contributed by atoms with E-state index in [0.717, 1.165) is 0 Å². The summed E-state index contributed by atoms with van der Waals surface area (Å²) in [6, 6.07) is 10.4. The minimum atomic E-state index is -4.34. The lowest BCUT2D eigenvalue weighted by molar-refractivity contribution is -0.135. The summed E-state index contributed by atoms with van der Waals surface area (Å²) in [5, 5.41) is 17.5. The maximum atomic E-state index is 13.1. The molecule has 0 amide bonds. The van der Waals surface area contributed by atoms with Crippen LogP contribution in [0.25, 0.3) is 0 Å². The lowest BCUT2D eigenvalue weighted by atomic mass is 10.1. The van der Waals surface area contributed by atoms with Crippen LogP contribution in [0.4, 0.5) is 5.69 Å². The highest BCUT2D eigenvalue weighted by Crippen LogP contribution is 2.38. The van der Waals surface area contributed by atoms with Gasteiger partial charge >= 0.3 is 5.97 Å². The van der Waals surface area contributed by atoms with E-state index in [-0.39, 0.29) is 32.8 Å². The zero-order chi connectivity index (χ0) is 20.2. The Balaban J connectivity index is 2.57. The van der Waals surface area contributed by atoms with E-state index in [1.807, 2.05) is 6.07 Å². The molecule has 0 aliphatic carbocycles. The number of carbonyl (C=O) groups is 1. The monoisotopic (exact) mass is 428 g/mol. The molecule has 10 heteroatoms. The van der Waals surface area contributed by atoms with E-state index in [2.05, 4.69) is 0 Å². The Morgan fingerprint density at radius 3 is 2.33 bits per heavy atom. The summed E-state index contributed by atoms with van der Waals surface area (Å²) in [5.41, 5.74) is 0.779. The molecule has 0 aliphatic rings. The summed E-state index contributed by atoms with van der Waals surface area (Å²) in [5.74, 6) is -1.17. The molecule has 0 aliphatic heterocycles. The second kappa shape index (κ2) is 8.48. The van der Waals surface area contributed by atoms with Gasteiger partial charge in [0.25, 0.3) is 10.0 Å². The molecule has 0 spiro atoms. The predicted octanol–water partition coefficient (Wildman–Crippen LogP) is 3.35. The van der Waals surface area contributed by atoms with Gasteiger partial charge in [-0.25, -0.2) is 8.42 Å². The van der Waals surface area contributed by atoms with Crippen molar-refractivity contribution < 1.29 is 23.1 Å². The third-order valence-electron chi connectivity index (χ3n) is 3.59. The van der Waals surface area contributed by atoms with Crippen LogP contribution in [0.2, 0.25) is 10.0 Å². The number of nitriles is 1. The average molecular weight is 429 g/mol. The molecular formula is C17H14Cl2N2O5S. The van der Waals surface area contributed by atoms with Gasteiger partial charge in [0.15, 0.2) is 0 Å². The number of nitrogens with zero attached hydrogens (tertiary/aromatic N) is 2. The Labute approximate surface area is 166 Å². The van der Waals surface area contributed by atoms with Crippen LogP contribution in [0, 0.1) is 11.3 Å². The third-order valence-corrected chi connectivity index (χ3v) is 6.38. The predicted molar refractivity (Wildman–Crippen MR) is 101 cm³/mol. The Bertz CT molecular complexity index is 1000. The summed E-state index contributed by atoms with van der Waals surface area (Å²) in [6.07, 6.45) is 0.145. The summed E-state index contributed by atoms with van der Waals surface area (Å²) < 4.78 is 31.9. The van der Waals surface area contributed by atoms with Gasteiger partial charge in [0.05, 0.1) is 30.3 Å². The molecule has 0 bridgehead atoms. The molecule has 0 saturated heterocycles. The number of carboxylic acids is 1. The van der Waals surface area contributed by atoms with Gasteiger partial charge in [-0.05, 0) is 29.8 Å². The van der Waals surface area contributed by atoms with Crippen LogP contribution in [0.5, 0.6) is 5.75 Å². The first-order valence-electron chi connectivity index (χ1n) is 7.44. The number of anilines is 1. The molecule has 0 unspecified atom stereocenters. The molecule has 0 radical (unpaired) electrons.